The molecule has 0 unspecified atom stereocenters. The highest BCUT2D eigenvalue weighted by Gasteiger charge is 2.29. The highest BCUT2D eigenvalue weighted by atomic mass is 32.2. The third-order valence-electron chi connectivity index (χ3n) is 5.85. The zero-order valence-electron chi connectivity index (χ0n) is 19.1. The molecule has 1 fully saturated rings. The van der Waals surface area contributed by atoms with Gasteiger partial charge < -0.3 is 9.84 Å². The van der Waals surface area contributed by atoms with E-state index in [1.807, 2.05) is 32.0 Å². The molecule has 0 amide bonds. The predicted molar refractivity (Wildman–Crippen MR) is 128 cm³/mol. The predicted octanol–water partition coefficient (Wildman–Crippen LogP) is 2.69. The minimum atomic E-state index is -3.69. The van der Waals surface area contributed by atoms with Gasteiger partial charge in [0.2, 0.25) is 10.0 Å². The molecule has 4 rings (SSSR count). The molecule has 0 saturated carbocycles. The number of piperazine rings is 1. The van der Waals surface area contributed by atoms with E-state index in [0.717, 1.165) is 22.9 Å². The van der Waals surface area contributed by atoms with Gasteiger partial charge in [0, 0.05) is 44.3 Å². The summed E-state index contributed by atoms with van der Waals surface area (Å²) >= 11 is 0. The van der Waals surface area contributed by atoms with Crippen molar-refractivity contribution in [1.82, 2.24) is 19.2 Å². The number of benzene rings is 2. The molecule has 1 N–H and O–H groups in total. The number of hydrogen-bond donors (Lipinski definition) is 1. The highest BCUT2D eigenvalue weighted by molar-refractivity contribution is 7.89. The Labute approximate surface area is 194 Å². The Morgan fingerprint density at radius 1 is 1.12 bits per heavy atom. The molecule has 0 aliphatic carbocycles. The summed E-state index contributed by atoms with van der Waals surface area (Å²) in [5.41, 5.74) is 2.42. The van der Waals surface area contributed by atoms with Crippen molar-refractivity contribution in [2.24, 2.45) is 0 Å². The molecular formula is C24H30N4O4S. The zero-order chi connectivity index (χ0) is 23.4. The fourth-order valence-electron chi connectivity index (χ4n) is 4.00. The van der Waals surface area contributed by atoms with Crippen molar-refractivity contribution in [1.29, 1.82) is 0 Å². The van der Waals surface area contributed by atoms with Gasteiger partial charge in [0.15, 0.2) is 5.82 Å². The number of para-hydroxylation sites is 1. The van der Waals surface area contributed by atoms with Crippen molar-refractivity contribution in [3.63, 3.8) is 0 Å². The number of rotatable bonds is 8. The Hall–Kier alpha value is -2.59. The maximum Gasteiger partial charge on any atom is 0.243 e. The van der Waals surface area contributed by atoms with E-state index in [2.05, 4.69) is 9.88 Å². The van der Waals surface area contributed by atoms with E-state index in [4.69, 9.17) is 14.8 Å². The first-order chi connectivity index (χ1) is 15.9. The molecule has 2 aromatic carbocycles. The lowest BCUT2D eigenvalue weighted by molar-refractivity contribution is 0.151. The molecule has 3 aromatic rings. The molecule has 2 heterocycles. The van der Waals surface area contributed by atoms with Crippen LogP contribution in [0.4, 0.5) is 0 Å². The lowest BCUT2D eigenvalue weighted by Crippen LogP contribution is -2.49. The standard InChI is InChI=1S/C24H30N4O4S/c1-3-15-32-22-8-7-20(33(30,31)28-11-9-27(10-12-28)13-14-29)16-21(22)24-25-17-19-6-4-5-18(2)23(19)26-24/h4-8,16-17,29H,3,9-15H2,1-2H3. The lowest BCUT2D eigenvalue weighted by Gasteiger charge is -2.33. The molecule has 0 spiro atoms. The van der Waals surface area contributed by atoms with E-state index in [9.17, 15) is 8.42 Å². The third-order valence-corrected chi connectivity index (χ3v) is 7.75. The minimum absolute atomic E-state index is 0.0700. The van der Waals surface area contributed by atoms with E-state index in [0.29, 0.717) is 56.5 Å². The van der Waals surface area contributed by atoms with Gasteiger partial charge in [-0.05, 0) is 37.1 Å². The summed E-state index contributed by atoms with van der Waals surface area (Å²) in [5, 5.41) is 10.1. The molecule has 1 aliphatic rings. The Balaban J connectivity index is 1.72. The van der Waals surface area contributed by atoms with Crippen LogP contribution >= 0.6 is 0 Å². The van der Waals surface area contributed by atoms with Gasteiger partial charge in [-0.2, -0.15) is 4.31 Å². The zero-order valence-corrected chi connectivity index (χ0v) is 19.9. The Morgan fingerprint density at radius 3 is 2.64 bits per heavy atom. The minimum Gasteiger partial charge on any atom is -0.493 e. The first-order valence-electron chi connectivity index (χ1n) is 11.3. The molecule has 9 heteroatoms. The van der Waals surface area contributed by atoms with Crippen LogP contribution in [0.2, 0.25) is 0 Å². The van der Waals surface area contributed by atoms with Crippen molar-refractivity contribution in [3.05, 3.63) is 48.2 Å². The molecule has 0 bridgehead atoms. The van der Waals surface area contributed by atoms with Gasteiger partial charge >= 0.3 is 0 Å². The van der Waals surface area contributed by atoms with Crippen molar-refractivity contribution < 1.29 is 18.3 Å². The van der Waals surface area contributed by atoms with Crippen molar-refractivity contribution >= 4 is 20.9 Å². The summed E-state index contributed by atoms with van der Waals surface area (Å²) in [6.45, 7) is 7.11. The number of nitrogens with zero attached hydrogens (tertiary/aromatic N) is 4. The SMILES string of the molecule is CCCOc1ccc(S(=O)(=O)N2CCN(CCO)CC2)cc1-c1ncc2cccc(C)c2n1. The average molecular weight is 471 g/mol. The summed E-state index contributed by atoms with van der Waals surface area (Å²) in [5.74, 6) is 1.00. The van der Waals surface area contributed by atoms with Crippen LogP contribution in [0.15, 0.2) is 47.5 Å². The van der Waals surface area contributed by atoms with Crippen LogP contribution in [0.5, 0.6) is 5.75 Å². The van der Waals surface area contributed by atoms with Crippen LogP contribution in [-0.2, 0) is 10.0 Å². The van der Waals surface area contributed by atoms with Crippen LogP contribution in [0.1, 0.15) is 18.9 Å². The average Bonchev–Trinajstić information content (AvgIpc) is 2.83. The first kappa shape index (κ1) is 23.6. The highest BCUT2D eigenvalue weighted by Crippen LogP contribution is 2.33. The largest absolute Gasteiger partial charge is 0.493 e. The van der Waals surface area contributed by atoms with E-state index < -0.39 is 10.0 Å². The Kier molecular flexibility index (Phi) is 7.23. The number of fused-ring (bicyclic) bond motifs is 1. The van der Waals surface area contributed by atoms with Crippen LogP contribution in [0.25, 0.3) is 22.3 Å². The number of aliphatic hydroxyl groups is 1. The third kappa shape index (κ3) is 5.01. The molecule has 33 heavy (non-hydrogen) atoms. The molecule has 0 radical (unpaired) electrons. The van der Waals surface area contributed by atoms with E-state index in [-0.39, 0.29) is 11.5 Å². The molecular weight excluding hydrogens is 440 g/mol. The second-order valence-corrected chi connectivity index (χ2v) is 10.1. The van der Waals surface area contributed by atoms with Gasteiger partial charge in [-0.25, -0.2) is 18.4 Å². The van der Waals surface area contributed by atoms with Crippen molar-refractivity contribution in [3.8, 4) is 17.1 Å². The summed E-state index contributed by atoms with van der Waals surface area (Å²) in [4.78, 5) is 11.5. The topological polar surface area (TPSA) is 95.9 Å². The molecule has 0 atom stereocenters. The van der Waals surface area contributed by atoms with Gasteiger partial charge in [0.25, 0.3) is 0 Å². The quantitative estimate of drug-likeness (QED) is 0.541. The molecule has 176 valence electrons. The maximum absolute atomic E-state index is 13.4. The number of aliphatic hydroxyl groups excluding tert-OH is 1. The normalized spacial score (nSPS) is 15.7. The van der Waals surface area contributed by atoms with E-state index in [1.165, 1.54) is 4.31 Å². The number of sulfonamides is 1. The van der Waals surface area contributed by atoms with Crippen LogP contribution in [0, 0.1) is 6.92 Å². The number of aryl methyl sites for hydroxylation is 1. The fourth-order valence-corrected chi connectivity index (χ4v) is 5.45. The van der Waals surface area contributed by atoms with E-state index in [1.54, 1.807) is 24.4 Å². The van der Waals surface area contributed by atoms with Crippen molar-refractivity contribution in [2.45, 2.75) is 25.2 Å². The summed E-state index contributed by atoms with van der Waals surface area (Å²) in [6.07, 6.45) is 2.59. The van der Waals surface area contributed by atoms with Crippen LogP contribution in [-0.4, -0.2) is 78.6 Å². The second-order valence-electron chi connectivity index (χ2n) is 8.18. The monoisotopic (exact) mass is 470 g/mol. The molecule has 1 aromatic heterocycles. The summed E-state index contributed by atoms with van der Waals surface area (Å²) < 4.78 is 34.2. The first-order valence-corrected chi connectivity index (χ1v) is 12.7. The van der Waals surface area contributed by atoms with Crippen LogP contribution < -0.4 is 4.74 Å². The van der Waals surface area contributed by atoms with Crippen molar-refractivity contribution in [2.75, 3.05) is 45.9 Å². The van der Waals surface area contributed by atoms with Gasteiger partial charge in [-0.1, -0.05) is 25.1 Å². The van der Waals surface area contributed by atoms with Gasteiger partial charge in [0.1, 0.15) is 5.75 Å². The maximum atomic E-state index is 13.4. The number of aromatic nitrogens is 2. The lowest BCUT2D eigenvalue weighted by atomic mass is 10.1. The van der Waals surface area contributed by atoms with Crippen LogP contribution in [0.3, 0.4) is 0 Å². The fraction of sp³-hybridized carbons (Fsp3) is 0.417. The van der Waals surface area contributed by atoms with Gasteiger partial charge in [0.05, 0.1) is 29.2 Å². The van der Waals surface area contributed by atoms with E-state index >= 15 is 0 Å². The van der Waals surface area contributed by atoms with Gasteiger partial charge in [-0.3, -0.25) is 4.90 Å². The molecule has 1 saturated heterocycles. The summed E-state index contributed by atoms with van der Waals surface area (Å²) in [7, 11) is -3.69. The number of β-amino-alcohol motifs (C(OH)–C–C–N with tert-alkyl or cyclic N) is 1. The summed E-state index contributed by atoms with van der Waals surface area (Å²) in [6, 6.07) is 10.8. The van der Waals surface area contributed by atoms with Gasteiger partial charge in [-0.15, -0.1) is 0 Å². The Bertz CT molecular complexity index is 1220. The smallest absolute Gasteiger partial charge is 0.243 e. The molecule has 8 nitrogen and oxygen atoms in total. The number of hydrogen-bond acceptors (Lipinski definition) is 7. The number of ether oxygens (including phenoxy) is 1. The Morgan fingerprint density at radius 2 is 1.91 bits per heavy atom. The second kappa shape index (κ2) is 10.1. The molecule has 1 aliphatic heterocycles.